The van der Waals surface area contributed by atoms with Crippen molar-refractivity contribution in [3.63, 3.8) is 0 Å². The summed E-state index contributed by atoms with van der Waals surface area (Å²) < 4.78 is 5.81. The van der Waals surface area contributed by atoms with E-state index < -0.39 is 0 Å². The Labute approximate surface area is 105 Å². The normalized spacial score (nSPS) is 12.5. The summed E-state index contributed by atoms with van der Waals surface area (Å²) >= 11 is 0. The first-order valence-electron chi connectivity index (χ1n) is 6.57. The molecule has 0 saturated carbocycles. The Morgan fingerprint density at radius 1 is 1.18 bits per heavy atom. The molecular weight excluding hydrogens is 210 g/mol. The summed E-state index contributed by atoms with van der Waals surface area (Å²) in [7, 11) is 0. The van der Waals surface area contributed by atoms with Crippen LogP contribution in [-0.4, -0.2) is 12.6 Å². The zero-order valence-corrected chi connectivity index (χ0v) is 11.5. The van der Waals surface area contributed by atoms with Gasteiger partial charge < -0.3 is 10.5 Å². The molecule has 0 bridgehead atoms. The van der Waals surface area contributed by atoms with Crippen molar-refractivity contribution in [2.45, 2.75) is 53.0 Å². The van der Waals surface area contributed by atoms with Crippen LogP contribution in [0.1, 0.15) is 43.4 Å². The molecule has 0 aliphatic carbocycles. The average Bonchev–Trinajstić information content (AvgIpc) is 2.31. The van der Waals surface area contributed by atoms with E-state index in [0.29, 0.717) is 0 Å². The van der Waals surface area contributed by atoms with Crippen molar-refractivity contribution in [2.75, 3.05) is 6.61 Å². The third kappa shape index (κ3) is 4.04. The third-order valence-corrected chi connectivity index (χ3v) is 3.15. The third-order valence-electron chi connectivity index (χ3n) is 3.15. The van der Waals surface area contributed by atoms with Gasteiger partial charge in [0.2, 0.25) is 0 Å². The van der Waals surface area contributed by atoms with E-state index in [9.17, 15) is 0 Å². The van der Waals surface area contributed by atoms with Gasteiger partial charge in [-0.3, -0.25) is 0 Å². The van der Waals surface area contributed by atoms with Gasteiger partial charge in [0.15, 0.2) is 0 Å². The Kier molecular flexibility index (Phi) is 5.49. The molecule has 1 rings (SSSR count). The molecule has 0 aliphatic rings. The van der Waals surface area contributed by atoms with E-state index in [2.05, 4.69) is 39.8 Å². The van der Waals surface area contributed by atoms with Crippen LogP contribution in [0.4, 0.5) is 0 Å². The lowest BCUT2D eigenvalue weighted by molar-refractivity contribution is 0.313. The Morgan fingerprint density at radius 2 is 1.82 bits per heavy atom. The summed E-state index contributed by atoms with van der Waals surface area (Å²) in [5.74, 6) is 1.01. The van der Waals surface area contributed by atoms with Crippen molar-refractivity contribution in [3.05, 3.63) is 28.8 Å². The van der Waals surface area contributed by atoms with Crippen molar-refractivity contribution in [3.8, 4) is 5.75 Å². The molecule has 2 N–H and O–H groups in total. The van der Waals surface area contributed by atoms with Crippen LogP contribution in [0.25, 0.3) is 0 Å². The van der Waals surface area contributed by atoms with E-state index in [1.165, 1.54) is 16.7 Å². The zero-order chi connectivity index (χ0) is 12.8. The highest BCUT2D eigenvalue weighted by molar-refractivity contribution is 5.42. The molecule has 0 spiro atoms. The first-order valence-corrected chi connectivity index (χ1v) is 6.57. The lowest BCUT2D eigenvalue weighted by Gasteiger charge is -2.16. The minimum Gasteiger partial charge on any atom is -0.493 e. The highest BCUT2D eigenvalue weighted by Gasteiger charge is 2.10. The van der Waals surface area contributed by atoms with Gasteiger partial charge in [-0.15, -0.1) is 0 Å². The summed E-state index contributed by atoms with van der Waals surface area (Å²) in [6.45, 7) is 9.28. The highest BCUT2D eigenvalue weighted by atomic mass is 16.5. The Bertz CT molecular complexity index is 360. The highest BCUT2D eigenvalue weighted by Crippen LogP contribution is 2.25. The number of rotatable bonds is 6. The van der Waals surface area contributed by atoms with E-state index in [4.69, 9.17) is 10.5 Å². The van der Waals surface area contributed by atoms with Gasteiger partial charge in [-0.1, -0.05) is 19.9 Å². The van der Waals surface area contributed by atoms with E-state index in [1.54, 1.807) is 0 Å². The summed E-state index contributed by atoms with van der Waals surface area (Å²) in [6.07, 6.45) is 2.93. The number of nitrogens with two attached hydrogens (primary N) is 1. The van der Waals surface area contributed by atoms with Gasteiger partial charge in [0.1, 0.15) is 5.75 Å². The topological polar surface area (TPSA) is 35.2 Å². The smallest absolute Gasteiger partial charge is 0.122 e. The van der Waals surface area contributed by atoms with Gasteiger partial charge in [0.25, 0.3) is 0 Å². The molecule has 1 unspecified atom stereocenters. The van der Waals surface area contributed by atoms with Crippen LogP contribution in [0.2, 0.25) is 0 Å². The van der Waals surface area contributed by atoms with Gasteiger partial charge in [0, 0.05) is 6.04 Å². The second kappa shape index (κ2) is 6.65. The molecule has 0 saturated heterocycles. The molecule has 0 radical (unpaired) electrons. The van der Waals surface area contributed by atoms with Gasteiger partial charge in [-0.25, -0.2) is 0 Å². The van der Waals surface area contributed by atoms with E-state index >= 15 is 0 Å². The van der Waals surface area contributed by atoms with Gasteiger partial charge in [-0.05, 0) is 55.9 Å². The zero-order valence-electron chi connectivity index (χ0n) is 11.5. The maximum Gasteiger partial charge on any atom is 0.122 e. The van der Waals surface area contributed by atoms with Crippen molar-refractivity contribution >= 4 is 0 Å². The molecule has 1 atom stereocenters. The first kappa shape index (κ1) is 14.0. The van der Waals surface area contributed by atoms with Crippen LogP contribution in [0.15, 0.2) is 12.1 Å². The molecule has 0 aliphatic heterocycles. The predicted molar refractivity (Wildman–Crippen MR) is 73.7 cm³/mol. The standard InChI is InChI=1S/C15H25NO/c1-5-7-17-15-9-12(4)11(3)8-13(15)10-14(16)6-2/h8-9,14H,5-7,10,16H2,1-4H3. The Hall–Kier alpha value is -1.02. The maximum absolute atomic E-state index is 6.04. The van der Waals surface area contributed by atoms with Crippen molar-refractivity contribution in [1.29, 1.82) is 0 Å². The van der Waals surface area contributed by atoms with Gasteiger partial charge in [-0.2, -0.15) is 0 Å². The first-order chi connectivity index (χ1) is 8.08. The average molecular weight is 235 g/mol. The predicted octanol–water partition coefficient (Wildman–Crippen LogP) is 3.37. The van der Waals surface area contributed by atoms with Crippen LogP contribution >= 0.6 is 0 Å². The van der Waals surface area contributed by atoms with Crippen molar-refractivity contribution in [2.24, 2.45) is 5.73 Å². The summed E-state index contributed by atoms with van der Waals surface area (Å²) in [6, 6.07) is 4.58. The molecule has 0 amide bonds. The lowest BCUT2D eigenvalue weighted by Crippen LogP contribution is -2.22. The summed E-state index contributed by atoms with van der Waals surface area (Å²) in [5.41, 5.74) is 9.88. The second-order valence-electron chi connectivity index (χ2n) is 4.77. The summed E-state index contributed by atoms with van der Waals surface area (Å²) in [4.78, 5) is 0. The largest absolute Gasteiger partial charge is 0.493 e. The monoisotopic (exact) mass is 235 g/mol. The van der Waals surface area contributed by atoms with Crippen LogP contribution < -0.4 is 10.5 Å². The molecule has 2 nitrogen and oxygen atoms in total. The fourth-order valence-electron chi connectivity index (χ4n) is 1.78. The van der Waals surface area contributed by atoms with Gasteiger partial charge in [0.05, 0.1) is 6.61 Å². The minimum absolute atomic E-state index is 0.223. The molecule has 96 valence electrons. The van der Waals surface area contributed by atoms with Crippen LogP contribution in [0, 0.1) is 13.8 Å². The number of hydrogen-bond donors (Lipinski definition) is 1. The van der Waals surface area contributed by atoms with E-state index in [-0.39, 0.29) is 6.04 Å². The fraction of sp³-hybridized carbons (Fsp3) is 0.600. The van der Waals surface area contributed by atoms with Crippen LogP contribution in [-0.2, 0) is 6.42 Å². The Balaban J connectivity index is 2.94. The Morgan fingerprint density at radius 3 is 2.41 bits per heavy atom. The maximum atomic E-state index is 6.04. The molecule has 17 heavy (non-hydrogen) atoms. The fourth-order valence-corrected chi connectivity index (χ4v) is 1.78. The molecule has 1 aromatic carbocycles. The van der Waals surface area contributed by atoms with Gasteiger partial charge >= 0.3 is 0 Å². The number of aryl methyl sites for hydroxylation is 2. The quantitative estimate of drug-likeness (QED) is 0.820. The minimum atomic E-state index is 0.223. The SMILES string of the molecule is CCCOc1cc(C)c(C)cc1CC(N)CC. The molecule has 0 aromatic heterocycles. The van der Waals surface area contributed by atoms with Crippen molar-refractivity contribution in [1.82, 2.24) is 0 Å². The van der Waals surface area contributed by atoms with Crippen molar-refractivity contribution < 1.29 is 4.74 Å². The van der Waals surface area contributed by atoms with Crippen LogP contribution in [0.5, 0.6) is 5.75 Å². The summed E-state index contributed by atoms with van der Waals surface area (Å²) in [5, 5.41) is 0. The number of ether oxygens (including phenoxy) is 1. The lowest BCUT2D eigenvalue weighted by atomic mass is 9.99. The number of hydrogen-bond acceptors (Lipinski definition) is 2. The molecule has 0 heterocycles. The molecule has 0 fully saturated rings. The van der Waals surface area contributed by atoms with E-state index in [1.807, 2.05) is 0 Å². The molecular formula is C15H25NO. The van der Waals surface area contributed by atoms with Crippen LogP contribution in [0.3, 0.4) is 0 Å². The molecule has 1 aromatic rings. The molecule has 2 heteroatoms. The van der Waals surface area contributed by atoms with E-state index in [0.717, 1.165) is 31.6 Å². The number of benzene rings is 1. The second-order valence-corrected chi connectivity index (χ2v) is 4.77.